The maximum atomic E-state index is 9.39. The van der Waals surface area contributed by atoms with Crippen LogP contribution in [-0.2, 0) is 6.54 Å². The van der Waals surface area contributed by atoms with Gasteiger partial charge in [0, 0.05) is 16.3 Å². The van der Waals surface area contributed by atoms with Crippen LogP contribution in [0.3, 0.4) is 0 Å². The maximum Gasteiger partial charge on any atom is 0.100 e. The molecule has 0 atom stereocenters. The first-order chi connectivity index (χ1) is 10.1. The molecule has 0 aromatic heterocycles. The normalized spacial score (nSPS) is 10.4. The SMILES string of the molecule is CCNCc1ccc(Sc2cc(C)ccc2C)c(C#N)c1. The lowest BCUT2D eigenvalue weighted by molar-refractivity contribution is 0.726. The van der Waals surface area contributed by atoms with E-state index in [1.54, 1.807) is 11.8 Å². The average molecular weight is 296 g/mol. The Morgan fingerprint density at radius 3 is 2.62 bits per heavy atom. The first kappa shape index (κ1) is 15.6. The Bertz CT molecular complexity index is 671. The lowest BCUT2D eigenvalue weighted by atomic mass is 10.1. The predicted octanol–water partition coefficient (Wildman–Crippen LogP) is 4.44. The largest absolute Gasteiger partial charge is 0.313 e. The number of nitrogens with one attached hydrogen (secondary N) is 1. The van der Waals surface area contributed by atoms with Gasteiger partial charge in [-0.2, -0.15) is 5.26 Å². The smallest absolute Gasteiger partial charge is 0.100 e. The predicted molar refractivity (Wildman–Crippen MR) is 88.6 cm³/mol. The molecule has 1 N–H and O–H groups in total. The topological polar surface area (TPSA) is 35.8 Å². The molecule has 0 fully saturated rings. The van der Waals surface area contributed by atoms with Crippen LogP contribution in [-0.4, -0.2) is 6.54 Å². The van der Waals surface area contributed by atoms with Crippen LogP contribution in [0.15, 0.2) is 46.2 Å². The maximum absolute atomic E-state index is 9.39. The number of hydrogen-bond acceptors (Lipinski definition) is 3. The van der Waals surface area contributed by atoms with Crippen molar-refractivity contribution in [3.05, 3.63) is 58.7 Å². The highest BCUT2D eigenvalue weighted by Crippen LogP contribution is 2.33. The van der Waals surface area contributed by atoms with Gasteiger partial charge in [0.1, 0.15) is 6.07 Å². The highest BCUT2D eigenvalue weighted by Gasteiger charge is 2.08. The van der Waals surface area contributed by atoms with Crippen molar-refractivity contribution in [2.24, 2.45) is 0 Å². The number of aryl methyl sites for hydroxylation is 2. The fourth-order valence-electron chi connectivity index (χ4n) is 2.07. The number of rotatable bonds is 5. The zero-order valence-electron chi connectivity index (χ0n) is 12.7. The van der Waals surface area contributed by atoms with E-state index in [4.69, 9.17) is 0 Å². The van der Waals surface area contributed by atoms with Crippen LogP contribution in [0.1, 0.15) is 29.2 Å². The second-order valence-corrected chi connectivity index (χ2v) is 6.18. The molecule has 2 nitrogen and oxygen atoms in total. The van der Waals surface area contributed by atoms with E-state index in [9.17, 15) is 5.26 Å². The average Bonchev–Trinajstić information content (AvgIpc) is 2.49. The van der Waals surface area contributed by atoms with E-state index >= 15 is 0 Å². The molecular formula is C18H20N2S. The molecular weight excluding hydrogens is 276 g/mol. The molecule has 0 aliphatic rings. The van der Waals surface area contributed by atoms with Gasteiger partial charge in [-0.1, -0.05) is 36.9 Å². The molecule has 108 valence electrons. The molecule has 0 bridgehead atoms. The third kappa shape index (κ3) is 4.10. The van der Waals surface area contributed by atoms with Crippen molar-refractivity contribution in [2.45, 2.75) is 37.1 Å². The number of nitriles is 1. The van der Waals surface area contributed by atoms with Crippen LogP contribution < -0.4 is 5.32 Å². The molecule has 3 heteroatoms. The Hall–Kier alpha value is -1.76. The van der Waals surface area contributed by atoms with Gasteiger partial charge >= 0.3 is 0 Å². The first-order valence-corrected chi connectivity index (χ1v) is 7.94. The van der Waals surface area contributed by atoms with Crippen molar-refractivity contribution in [1.29, 1.82) is 5.26 Å². The number of hydrogen-bond donors (Lipinski definition) is 1. The highest BCUT2D eigenvalue weighted by atomic mass is 32.2. The van der Waals surface area contributed by atoms with E-state index in [1.807, 2.05) is 6.07 Å². The van der Waals surface area contributed by atoms with Crippen molar-refractivity contribution in [2.75, 3.05) is 6.54 Å². The molecule has 2 rings (SSSR count). The molecule has 0 saturated carbocycles. The molecule has 0 aliphatic heterocycles. The molecule has 21 heavy (non-hydrogen) atoms. The van der Waals surface area contributed by atoms with Gasteiger partial charge in [0.05, 0.1) is 5.56 Å². The summed E-state index contributed by atoms with van der Waals surface area (Å²) >= 11 is 1.67. The fraction of sp³-hybridized carbons (Fsp3) is 0.278. The van der Waals surface area contributed by atoms with Crippen molar-refractivity contribution >= 4 is 11.8 Å². The summed E-state index contributed by atoms with van der Waals surface area (Å²) < 4.78 is 0. The fourth-order valence-corrected chi connectivity index (χ4v) is 3.13. The van der Waals surface area contributed by atoms with Crippen molar-refractivity contribution < 1.29 is 0 Å². The Labute approximate surface area is 131 Å². The standard InChI is InChI=1S/C18H20N2S/c1-4-20-12-15-7-8-17(16(10-15)11-19)21-18-9-13(2)5-6-14(18)3/h5-10,20H,4,12H2,1-3H3. The number of nitrogens with zero attached hydrogens (tertiary/aromatic N) is 1. The Morgan fingerprint density at radius 2 is 1.90 bits per heavy atom. The summed E-state index contributed by atoms with van der Waals surface area (Å²) in [5.41, 5.74) is 4.38. The second-order valence-electron chi connectivity index (χ2n) is 5.09. The number of benzene rings is 2. The minimum absolute atomic E-state index is 0.747. The van der Waals surface area contributed by atoms with Crippen LogP contribution in [0.2, 0.25) is 0 Å². The quantitative estimate of drug-likeness (QED) is 0.886. The Morgan fingerprint density at radius 1 is 1.10 bits per heavy atom. The third-order valence-electron chi connectivity index (χ3n) is 3.31. The van der Waals surface area contributed by atoms with Crippen LogP contribution in [0.5, 0.6) is 0 Å². The second kappa shape index (κ2) is 7.31. The lowest BCUT2D eigenvalue weighted by Crippen LogP contribution is -2.11. The molecule has 2 aromatic rings. The molecule has 0 saturated heterocycles. The molecule has 2 aromatic carbocycles. The molecule has 0 amide bonds. The lowest BCUT2D eigenvalue weighted by Gasteiger charge is -2.10. The van der Waals surface area contributed by atoms with E-state index < -0.39 is 0 Å². The van der Waals surface area contributed by atoms with E-state index in [2.05, 4.69) is 62.5 Å². The minimum Gasteiger partial charge on any atom is -0.313 e. The summed E-state index contributed by atoms with van der Waals surface area (Å²) in [6.07, 6.45) is 0. The van der Waals surface area contributed by atoms with Crippen molar-refractivity contribution in [3.63, 3.8) is 0 Å². The molecule has 0 spiro atoms. The van der Waals surface area contributed by atoms with E-state index in [0.717, 1.165) is 29.1 Å². The van der Waals surface area contributed by atoms with E-state index in [0.29, 0.717) is 0 Å². The van der Waals surface area contributed by atoms with Crippen LogP contribution in [0.25, 0.3) is 0 Å². The zero-order valence-corrected chi connectivity index (χ0v) is 13.6. The molecule has 0 aliphatic carbocycles. The van der Waals surface area contributed by atoms with Crippen LogP contribution >= 0.6 is 11.8 Å². The monoisotopic (exact) mass is 296 g/mol. The summed E-state index contributed by atoms with van der Waals surface area (Å²) in [5.74, 6) is 0. The Balaban J connectivity index is 2.27. The van der Waals surface area contributed by atoms with Crippen LogP contribution in [0, 0.1) is 25.2 Å². The van der Waals surface area contributed by atoms with Gasteiger partial charge in [-0.3, -0.25) is 0 Å². The van der Waals surface area contributed by atoms with Gasteiger partial charge in [-0.05, 0) is 55.3 Å². The Kier molecular flexibility index (Phi) is 5.44. The van der Waals surface area contributed by atoms with Gasteiger partial charge in [-0.25, -0.2) is 0 Å². The molecule has 0 radical (unpaired) electrons. The van der Waals surface area contributed by atoms with E-state index in [1.165, 1.54) is 16.0 Å². The molecule has 0 unspecified atom stereocenters. The van der Waals surface area contributed by atoms with Gasteiger partial charge in [0.25, 0.3) is 0 Å². The summed E-state index contributed by atoms with van der Waals surface area (Å²) in [6.45, 7) is 8.01. The van der Waals surface area contributed by atoms with Gasteiger partial charge in [-0.15, -0.1) is 0 Å². The molecule has 0 heterocycles. The summed E-state index contributed by atoms with van der Waals surface area (Å²) in [5, 5.41) is 12.7. The summed E-state index contributed by atoms with van der Waals surface area (Å²) in [4.78, 5) is 2.23. The van der Waals surface area contributed by atoms with Gasteiger partial charge < -0.3 is 5.32 Å². The van der Waals surface area contributed by atoms with E-state index in [-0.39, 0.29) is 0 Å². The van der Waals surface area contributed by atoms with Crippen LogP contribution in [0.4, 0.5) is 0 Å². The summed E-state index contributed by atoms with van der Waals surface area (Å²) in [6, 6.07) is 14.9. The third-order valence-corrected chi connectivity index (χ3v) is 4.54. The van der Waals surface area contributed by atoms with Gasteiger partial charge in [0.15, 0.2) is 0 Å². The minimum atomic E-state index is 0.747. The highest BCUT2D eigenvalue weighted by molar-refractivity contribution is 7.99. The zero-order chi connectivity index (χ0) is 15.2. The first-order valence-electron chi connectivity index (χ1n) is 7.13. The van der Waals surface area contributed by atoms with Gasteiger partial charge in [0.2, 0.25) is 0 Å². The van der Waals surface area contributed by atoms with Crippen molar-refractivity contribution in [1.82, 2.24) is 5.32 Å². The summed E-state index contributed by atoms with van der Waals surface area (Å²) in [7, 11) is 0. The van der Waals surface area contributed by atoms with Crippen molar-refractivity contribution in [3.8, 4) is 6.07 Å².